The molecular weight excluding hydrogens is 184 g/mol. The summed E-state index contributed by atoms with van der Waals surface area (Å²) in [6, 6.07) is 0. The van der Waals surface area contributed by atoms with Gasteiger partial charge in [-0.15, -0.1) is 0 Å². The number of hydrogen-bond donors (Lipinski definition) is 2. The van der Waals surface area contributed by atoms with Gasteiger partial charge in [-0.05, 0) is 49.4 Å². The molecule has 0 aromatic carbocycles. The molecule has 0 radical (unpaired) electrons. The van der Waals surface area contributed by atoms with Gasteiger partial charge in [-0.3, -0.25) is 0 Å². The molecule has 0 amide bonds. The van der Waals surface area contributed by atoms with Crippen LogP contribution in [0.2, 0.25) is 0 Å². The molecule has 0 heterocycles. The quantitative estimate of drug-likeness (QED) is 0.552. The second kappa shape index (κ2) is 2.60. The highest BCUT2D eigenvalue weighted by molar-refractivity contribution is 7.81. The van der Waals surface area contributed by atoms with Crippen LogP contribution in [-0.4, -0.2) is 10.5 Å². The molecule has 0 nitrogen and oxygen atoms in total. The number of hydrogen-bond acceptors (Lipinski definition) is 2. The van der Waals surface area contributed by atoms with E-state index in [2.05, 4.69) is 12.6 Å². The van der Waals surface area contributed by atoms with Gasteiger partial charge in [0, 0.05) is 10.5 Å². The van der Waals surface area contributed by atoms with Gasteiger partial charge in [-0.1, -0.05) is 0 Å². The highest BCUT2D eigenvalue weighted by Gasteiger charge is 2.55. The van der Waals surface area contributed by atoms with Gasteiger partial charge < -0.3 is 0 Å². The molecule has 2 bridgehead atoms. The lowest BCUT2D eigenvalue weighted by Crippen LogP contribution is -2.29. The standard InChI is InChI=1S/C10H16S2/c11-8-2-1-6-5-3-7(10(6)8)9(12)4-5/h5-12H,1-4H2. The van der Waals surface area contributed by atoms with Crippen molar-refractivity contribution < 1.29 is 0 Å². The lowest BCUT2D eigenvalue weighted by atomic mass is 9.81. The first-order valence-electron chi connectivity index (χ1n) is 5.13. The molecule has 3 aliphatic carbocycles. The topological polar surface area (TPSA) is 0 Å². The van der Waals surface area contributed by atoms with Crippen LogP contribution < -0.4 is 0 Å². The van der Waals surface area contributed by atoms with E-state index >= 15 is 0 Å². The molecule has 3 saturated carbocycles. The van der Waals surface area contributed by atoms with E-state index in [1.54, 1.807) is 0 Å². The van der Waals surface area contributed by atoms with E-state index in [1.807, 2.05) is 0 Å². The van der Waals surface area contributed by atoms with Crippen molar-refractivity contribution in [1.82, 2.24) is 0 Å². The van der Waals surface area contributed by atoms with Crippen molar-refractivity contribution in [3.8, 4) is 0 Å². The molecule has 3 fully saturated rings. The van der Waals surface area contributed by atoms with Gasteiger partial charge in [-0.25, -0.2) is 0 Å². The second-order valence-electron chi connectivity index (χ2n) is 4.85. The molecule has 2 heteroatoms. The van der Waals surface area contributed by atoms with Crippen molar-refractivity contribution in [2.24, 2.45) is 23.7 Å². The Kier molecular flexibility index (Phi) is 1.74. The zero-order chi connectivity index (χ0) is 8.29. The van der Waals surface area contributed by atoms with Crippen molar-refractivity contribution in [3.05, 3.63) is 0 Å². The molecule has 0 spiro atoms. The zero-order valence-electron chi connectivity index (χ0n) is 7.19. The molecule has 12 heavy (non-hydrogen) atoms. The van der Waals surface area contributed by atoms with Gasteiger partial charge in [0.2, 0.25) is 0 Å². The first-order valence-corrected chi connectivity index (χ1v) is 6.17. The Balaban J connectivity index is 1.90. The third-order valence-electron chi connectivity index (χ3n) is 4.45. The molecule has 0 N–H and O–H groups in total. The summed E-state index contributed by atoms with van der Waals surface area (Å²) in [6.07, 6.45) is 5.70. The minimum absolute atomic E-state index is 0.708. The Labute approximate surface area is 85.3 Å². The van der Waals surface area contributed by atoms with Gasteiger partial charge in [0.1, 0.15) is 0 Å². The third-order valence-corrected chi connectivity index (χ3v) is 5.64. The van der Waals surface area contributed by atoms with E-state index < -0.39 is 0 Å². The molecule has 6 unspecified atom stereocenters. The van der Waals surface area contributed by atoms with Crippen molar-refractivity contribution in [2.75, 3.05) is 0 Å². The zero-order valence-corrected chi connectivity index (χ0v) is 8.98. The maximum absolute atomic E-state index is 4.71. The average Bonchev–Trinajstić information content (AvgIpc) is 2.62. The van der Waals surface area contributed by atoms with Gasteiger partial charge in [0.25, 0.3) is 0 Å². The van der Waals surface area contributed by atoms with Crippen LogP contribution in [0.15, 0.2) is 0 Å². The van der Waals surface area contributed by atoms with Crippen LogP contribution >= 0.6 is 25.3 Å². The van der Waals surface area contributed by atoms with Gasteiger partial charge >= 0.3 is 0 Å². The van der Waals surface area contributed by atoms with Crippen molar-refractivity contribution in [1.29, 1.82) is 0 Å². The van der Waals surface area contributed by atoms with Crippen molar-refractivity contribution >= 4 is 25.3 Å². The Morgan fingerprint density at radius 2 is 1.67 bits per heavy atom. The first kappa shape index (κ1) is 8.05. The number of rotatable bonds is 0. The van der Waals surface area contributed by atoms with Crippen molar-refractivity contribution in [2.45, 2.75) is 36.2 Å². The van der Waals surface area contributed by atoms with Gasteiger partial charge in [0.15, 0.2) is 0 Å². The largest absolute Gasteiger partial charge is 0.176 e. The van der Waals surface area contributed by atoms with E-state index in [0.717, 1.165) is 23.7 Å². The monoisotopic (exact) mass is 200 g/mol. The molecule has 0 aromatic rings. The fourth-order valence-corrected chi connectivity index (χ4v) is 5.22. The predicted molar refractivity (Wildman–Crippen MR) is 58.0 cm³/mol. The lowest BCUT2D eigenvalue weighted by Gasteiger charge is -2.30. The van der Waals surface area contributed by atoms with Crippen LogP contribution in [0, 0.1) is 23.7 Å². The van der Waals surface area contributed by atoms with Gasteiger partial charge in [0.05, 0.1) is 0 Å². The van der Waals surface area contributed by atoms with Crippen LogP contribution in [0.4, 0.5) is 0 Å². The molecule has 0 aliphatic heterocycles. The summed E-state index contributed by atoms with van der Waals surface area (Å²) < 4.78 is 0. The summed E-state index contributed by atoms with van der Waals surface area (Å²) >= 11 is 9.39. The summed E-state index contributed by atoms with van der Waals surface area (Å²) in [7, 11) is 0. The average molecular weight is 200 g/mol. The molecular formula is C10H16S2. The van der Waals surface area contributed by atoms with Crippen LogP contribution in [0.3, 0.4) is 0 Å². The summed E-state index contributed by atoms with van der Waals surface area (Å²) in [5.74, 6) is 3.93. The number of fused-ring (bicyclic) bond motifs is 5. The van der Waals surface area contributed by atoms with Crippen LogP contribution in [0.1, 0.15) is 25.7 Å². The summed E-state index contributed by atoms with van der Waals surface area (Å²) in [5, 5.41) is 1.42. The van der Waals surface area contributed by atoms with E-state index in [1.165, 1.54) is 25.7 Å². The SMILES string of the molecule is SC1CC2CC1C1C(S)CCC21. The van der Waals surface area contributed by atoms with Crippen molar-refractivity contribution in [3.63, 3.8) is 0 Å². The summed E-state index contributed by atoms with van der Waals surface area (Å²) in [6.45, 7) is 0. The maximum Gasteiger partial charge on any atom is 0.00510 e. The van der Waals surface area contributed by atoms with E-state index in [9.17, 15) is 0 Å². The minimum atomic E-state index is 0.708. The summed E-state index contributed by atoms with van der Waals surface area (Å²) in [4.78, 5) is 0. The molecule has 0 saturated heterocycles. The third kappa shape index (κ3) is 0.886. The molecule has 3 aliphatic rings. The fraction of sp³-hybridized carbons (Fsp3) is 1.00. The molecule has 3 rings (SSSR count). The van der Waals surface area contributed by atoms with E-state index in [0.29, 0.717) is 10.5 Å². The molecule has 6 atom stereocenters. The minimum Gasteiger partial charge on any atom is -0.176 e. The number of thiol groups is 2. The maximum atomic E-state index is 4.71. The Morgan fingerprint density at radius 1 is 0.833 bits per heavy atom. The van der Waals surface area contributed by atoms with Crippen LogP contribution in [-0.2, 0) is 0 Å². The Bertz CT molecular complexity index is 204. The Morgan fingerprint density at radius 3 is 2.50 bits per heavy atom. The van der Waals surface area contributed by atoms with Gasteiger partial charge in [-0.2, -0.15) is 25.3 Å². The predicted octanol–water partition coefficient (Wildman–Crippen LogP) is 2.65. The highest BCUT2D eigenvalue weighted by atomic mass is 32.1. The highest BCUT2D eigenvalue weighted by Crippen LogP contribution is 2.60. The second-order valence-corrected chi connectivity index (χ2v) is 6.18. The van der Waals surface area contributed by atoms with E-state index in [-0.39, 0.29) is 0 Å². The smallest absolute Gasteiger partial charge is 0.00510 e. The first-order chi connectivity index (χ1) is 5.77. The molecule has 0 aromatic heterocycles. The molecule has 68 valence electrons. The normalized spacial score (nSPS) is 62.5. The fourth-order valence-electron chi connectivity index (χ4n) is 4.04. The Hall–Kier alpha value is 0.700. The van der Waals surface area contributed by atoms with Crippen LogP contribution in [0.25, 0.3) is 0 Å². The van der Waals surface area contributed by atoms with Crippen LogP contribution in [0.5, 0.6) is 0 Å². The lowest BCUT2D eigenvalue weighted by molar-refractivity contribution is 0.271. The summed E-state index contributed by atoms with van der Waals surface area (Å²) in [5.41, 5.74) is 0. The van der Waals surface area contributed by atoms with E-state index in [4.69, 9.17) is 12.6 Å².